The van der Waals surface area contributed by atoms with Crippen molar-refractivity contribution in [3.8, 4) is 29.4 Å². The number of ether oxygens (including phenoxy) is 1. The van der Waals surface area contributed by atoms with E-state index < -0.39 is 0 Å². The number of rotatable bonds is 2. The fourth-order valence-electron chi connectivity index (χ4n) is 2.14. The Morgan fingerprint density at radius 3 is 2.16 bits per heavy atom. The molecule has 0 amide bonds. The molecule has 0 aliphatic rings. The van der Waals surface area contributed by atoms with Gasteiger partial charge in [-0.3, -0.25) is 0 Å². The summed E-state index contributed by atoms with van der Waals surface area (Å²) >= 11 is 5.86. The molecule has 0 bridgehead atoms. The maximum atomic E-state index is 5.86. The average Bonchev–Trinajstić information content (AvgIpc) is 2.66. The molecule has 3 aromatic rings. The monoisotopic (exact) mass is 342 g/mol. The van der Waals surface area contributed by atoms with E-state index in [1.807, 2.05) is 78.9 Å². The van der Waals surface area contributed by atoms with Gasteiger partial charge in [-0.2, -0.15) is 0 Å². The van der Waals surface area contributed by atoms with Crippen LogP contribution in [0.4, 0.5) is 0 Å². The van der Waals surface area contributed by atoms with E-state index in [4.69, 9.17) is 16.3 Å². The third kappa shape index (κ3) is 5.18. The molecule has 0 aromatic heterocycles. The Labute approximate surface area is 153 Å². The van der Waals surface area contributed by atoms with Gasteiger partial charge >= 0.3 is 0 Å². The predicted molar refractivity (Wildman–Crippen MR) is 103 cm³/mol. The first kappa shape index (κ1) is 16.7. The van der Waals surface area contributed by atoms with Crippen LogP contribution >= 0.6 is 11.6 Å². The number of halogens is 1. The first-order chi connectivity index (χ1) is 12.3. The highest BCUT2D eigenvalue weighted by Crippen LogP contribution is 2.16. The van der Waals surface area contributed by atoms with Gasteiger partial charge in [0.15, 0.2) is 0 Å². The molecule has 0 saturated heterocycles. The molecule has 0 radical (unpaired) electrons. The number of hydrogen-bond acceptors (Lipinski definition) is 1. The summed E-state index contributed by atoms with van der Waals surface area (Å²) in [5.41, 5.74) is 2.73. The maximum absolute atomic E-state index is 5.86. The topological polar surface area (TPSA) is 9.23 Å². The molecule has 120 valence electrons. The van der Waals surface area contributed by atoms with Gasteiger partial charge in [-0.25, -0.2) is 0 Å². The largest absolute Gasteiger partial charge is 0.480 e. The van der Waals surface area contributed by atoms with Crippen LogP contribution in [0.15, 0.2) is 78.9 Å². The second-order valence-electron chi connectivity index (χ2n) is 5.21. The van der Waals surface area contributed by atoms with E-state index >= 15 is 0 Å². The van der Waals surface area contributed by atoms with Crippen molar-refractivity contribution in [3.05, 3.63) is 101 Å². The quantitative estimate of drug-likeness (QED) is 0.584. The zero-order valence-electron chi connectivity index (χ0n) is 13.5. The van der Waals surface area contributed by atoms with E-state index in [0.29, 0.717) is 11.6 Å². The molecule has 0 N–H and O–H groups in total. The lowest BCUT2D eigenvalue weighted by atomic mass is 10.1. The van der Waals surface area contributed by atoms with Crippen LogP contribution in [-0.2, 0) is 0 Å². The second-order valence-corrected chi connectivity index (χ2v) is 5.65. The number of benzene rings is 3. The van der Waals surface area contributed by atoms with Crippen LogP contribution in [0, 0.1) is 23.7 Å². The zero-order chi connectivity index (χ0) is 17.3. The third-order valence-corrected chi connectivity index (χ3v) is 3.63. The van der Waals surface area contributed by atoms with Crippen molar-refractivity contribution in [2.75, 3.05) is 6.61 Å². The fourth-order valence-corrected chi connectivity index (χ4v) is 2.27. The molecule has 3 aromatic carbocycles. The lowest BCUT2D eigenvalue weighted by Crippen LogP contribution is -1.96. The smallest absolute Gasteiger partial charge is 0.149 e. The standard InChI is InChI=1S/C23H15ClO/c24-22-16-13-20(14-17-22)9-6-18-25-23-11-5-4-10-21(23)15-12-19-7-2-1-3-8-19/h1-5,7-8,10-11,13-14,16-17H,18H2. The molecule has 25 heavy (non-hydrogen) atoms. The van der Waals surface area contributed by atoms with Crippen molar-refractivity contribution in [1.82, 2.24) is 0 Å². The van der Waals surface area contributed by atoms with E-state index in [-0.39, 0.29) is 0 Å². The van der Waals surface area contributed by atoms with Gasteiger partial charge in [-0.15, -0.1) is 0 Å². The lowest BCUT2D eigenvalue weighted by Gasteiger charge is -2.04. The van der Waals surface area contributed by atoms with Crippen LogP contribution in [0.5, 0.6) is 5.75 Å². The summed E-state index contributed by atoms with van der Waals surface area (Å²) < 4.78 is 5.77. The third-order valence-electron chi connectivity index (χ3n) is 3.38. The minimum absolute atomic E-state index is 0.298. The van der Waals surface area contributed by atoms with Gasteiger partial charge in [0, 0.05) is 16.1 Å². The van der Waals surface area contributed by atoms with Crippen LogP contribution in [0.1, 0.15) is 16.7 Å². The molecule has 0 fully saturated rings. The minimum atomic E-state index is 0.298. The minimum Gasteiger partial charge on any atom is -0.480 e. The van der Waals surface area contributed by atoms with E-state index in [0.717, 1.165) is 22.4 Å². The Balaban J connectivity index is 1.68. The van der Waals surface area contributed by atoms with Gasteiger partial charge in [0.1, 0.15) is 12.4 Å². The molecular weight excluding hydrogens is 328 g/mol. The van der Waals surface area contributed by atoms with Crippen LogP contribution in [0.3, 0.4) is 0 Å². The molecule has 3 rings (SSSR count). The van der Waals surface area contributed by atoms with E-state index in [1.54, 1.807) is 0 Å². The molecule has 0 saturated carbocycles. The molecule has 2 heteroatoms. The summed E-state index contributed by atoms with van der Waals surface area (Å²) in [7, 11) is 0. The van der Waals surface area contributed by atoms with E-state index in [1.165, 1.54) is 0 Å². The van der Waals surface area contributed by atoms with Crippen LogP contribution < -0.4 is 4.74 Å². The van der Waals surface area contributed by atoms with E-state index in [9.17, 15) is 0 Å². The molecule has 0 aliphatic heterocycles. The molecule has 0 unspecified atom stereocenters. The lowest BCUT2D eigenvalue weighted by molar-refractivity contribution is 0.369. The van der Waals surface area contributed by atoms with Crippen molar-refractivity contribution >= 4 is 11.6 Å². The fraction of sp³-hybridized carbons (Fsp3) is 0.0435. The molecule has 0 atom stereocenters. The van der Waals surface area contributed by atoms with Crippen molar-refractivity contribution in [1.29, 1.82) is 0 Å². The summed E-state index contributed by atoms with van der Waals surface area (Å²) in [6.45, 7) is 0.298. The summed E-state index contributed by atoms with van der Waals surface area (Å²) in [6.07, 6.45) is 0. The number of hydrogen-bond donors (Lipinski definition) is 0. The van der Waals surface area contributed by atoms with Gasteiger partial charge in [0.25, 0.3) is 0 Å². The van der Waals surface area contributed by atoms with Crippen LogP contribution in [-0.4, -0.2) is 6.61 Å². The Morgan fingerprint density at radius 1 is 0.680 bits per heavy atom. The highest BCUT2D eigenvalue weighted by atomic mass is 35.5. The summed E-state index contributed by atoms with van der Waals surface area (Å²) in [5, 5.41) is 0.702. The normalized spacial score (nSPS) is 9.32. The predicted octanol–water partition coefficient (Wildman–Crippen LogP) is 5.17. The Morgan fingerprint density at radius 2 is 1.36 bits per heavy atom. The van der Waals surface area contributed by atoms with Gasteiger partial charge in [-0.1, -0.05) is 65.6 Å². The Hall–Kier alpha value is -3.13. The van der Waals surface area contributed by atoms with E-state index in [2.05, 4.69) is 23.7 Å². The molecule has 0 spiro atoms. The molecule has 0 heterocycles. The van der Waals surface area contributed by atoms with Crippen molar-refractivity contribution in [2.24, 2.45) is 0 Å². The number of para-hydroxylation sites is 1. The van der Waals surface area contributed by atoms with Crippen LogP contribution in [0.2, 0.25) is 5.02 Å². The molecular formula is C23H15ClO. The van der Waals surface area contributed by atoms with Gasteiger partial charge in [-0.05, 0) is 48.5 Å². The zero-order valence-corrected chi connectivity index (χ0v) is 14.3. The average molecular weight is 343 g/mol. The molecule has 1 nitrogen and oxygen atoms in total. The summed E-state index contributed by atoms with van der Waals surface area (Å²) in [5.74, 6) is 13.1. The highest BCUT2D eigenvalue weighted by Gasteiger charge is 1.98. The van der Waals surface area contributed by atoms with Crippen LogP contribution in [0.25, 0.3) is 0 Å². The highest BCUT2D eigenvalue weighted by molar-refractivity contribution is 6.30. The van der Waals surface area contributed by atoms with Gasteiger partial charge in [0.05, 0.1) is 5.56 Å². The van der Waals surface area contributed by atoms with Gasteiger partial charge in [0.2, 0.25) is 0 Å². The van der Waals surface area contributed by atoms with Crippen molar-refractivity contribution in [3.63, 3.8) is 0 Å². The maximum Gasteiger partial charge on any atom is 0.149 e. The SMILES string of the molecule is Clc1ccc(C#CCOc2ccccc2C#Cc2ccccc2)cc1. The Bertz CT molecular complexity index is 952. The summed E-state index contributed by atoms with van der Waals surface area (Å²) in [4.78, 5) is 0. The first-order valence-electron chi connectivity index (χ1n) is 7.84. The molecule has 0 aliphatic carbocycles. The summed E-state index contributed by atoms with van der Waals surface area (Å²) in [6, 6.07) is 25.0. The first-order valence-corrected chi connectivity index (χ1v) is 8.22. The van der Waals surface area contributed by atoms with Gasteiger partial charge < -0.3 is 4.74 Å². The second kappa shape index (κ2) is 8.65. The van der Waals surface area contributed by atoms with Crippen molar-refractivity contribution < 1.29 is 4.74 Å². The van der Waals surface area contributed by atoms with Crippen molar-refractivity contribution in [2.45, 2.75) is 0 Å². The Kier molecular flexibility index (Phi) is 5.78.